The highest BCUT2D eigenvalue weighted by atomic mass is 16.5. The zero-order valence-corrected chi connectivity index (χ0v) is 30.0. The van der Waals surface area contributed by atoms with Crippen LogP contribution in [0.25, 0.3) is 0 Å². The number of carbonyl (C=O) groups excluding carboxylic acids is 2. The molecule has 0 radical (unpaired) electrons. The van der Waals surface area contributed by atoms with Gasteiger partial charge in [-0.25, -0.2) is 4.79 Å². The van der Waals surface area contributed by atoms with Gasteiger partial charge in [-0.3, -0.25) is 9.59 Å². The number of aliphatic carboxylic acids is 1. The molecule has 0 aromatic heterocycles. The molecule has 0 rings (SSSR count). The van der Waals surface area contributed by atoms with Gasteiger partial charge in [0, 0.05) is 12.8 Å². The molecule has 45 heavy (non-hydrogen) atoms. The zero-order chi connectivity index (χ0) is 33.1. The largest absolute Gasteiger partial charge is 0.481 e. The fourth-order valence-electron chi connectivity index (χ4n) is 6.01. The van der Waals surface area contributed by atoms with Gasteiger partial charge in [-0.05, 0) is 19.3 Å². The van der Waals surface area contributed by atoms with Crippen LogP contribution in [0.2, 0.25) is 0 Å². The summed E-state index contributed by atoms with van der Waals surface area (Å²) >= 11 is 0. The summed E-state index contributed by atoms with van der Waals surface area (Å²) in [6.45, 7) is 4.85. The van der Waals surface area contributed by atoms with Crippen molar-refractivity contribution in [1.29, 1.82) is 0 Å². The molecule has 266 valence electrons. The molecule has 1 atom stereocenters. The Hall–Kier alpha value is -1.59. The van der Waals surface area contributed by atoms with E-state index in [0.29, 0.717) is 13.0 Å². The van der Waals surface area contributed by atoms with E-state index in [2.05, 4.69) is 19.2 Å². The summed E-state index contributed by atoms with van der Waals surface area (Å²) in [5, 5.41) is 11.8. The van der Waals surface area contributed by atoms with Crippen LogP contribution in [-0.2, 0) is 19.1 Å². The number of carboxylic acids is 1. The van der Waals surface area contributed by atoms with Crippen molar-refractivity contribution in [1.82, 2.24) is 5.32 Å². The van der Waals surface area contributed by atoms with Crippen LogP contribution in [0.15, 0.2) is 0 Å². The van der Waals surface area contributed by atoms with Crippen LogP contribution in [0.3, 0.4) is 0 Å². The number of hydrogen-bond donors (Lipinski definition) is 2. The molecule has 0 bridgehead atoms. The second-order valence-electron chi connectivity index (χ2n) is 13.5. The van der Waals surface area contributed by atoms with E-state index in [-0.39, 0.29) is 18.7 Å². The maximum Gasteiger partial charge on any atom is 0.328 e. The van der Waals surface area contributed by atoms with Gasteiger partial charge in [0.2, 0.25) is 5.91 Å². The SMILES string of the molecule is CCCCCCCCCCCCCCCCCCOC(=O)[C@H](CCC(=O)O)NC(=O)CCCCCCCCCCCCCCC. The first-order valence-electron chi connectivity index (χ1n) is 19.7. The lowest BCUT2D eigenvalue weighted by atomic mass is 10.0. The van der Waals surface area contributed by atoms with E-state index in [1.54, 1.807) is 0 Å². The highest BCUT2D eigenvalue weighted by Gasteiger charge is 2.23. The molecular weight excluding hydrogens is 562 g/mol. The maximum absolute atomic E-state index is 12.6. The van der Waals surface area contributed by atoms with Crippen molar-refractivity contribution < 1.29 is 24.2 Å². The van der Waals surface area contributed by atoms with Crippen molar-refractivity contribution in [2.45, 2.75) is 225 Å². The maximum atomic E-state index is 12.6. The van der Waals surface area contributed by atoms with Crippen LogP contribution in [0.4, 0.5) is 0 Å². The van der Waals surface area contributed by atoms with Crippen LogP contribution < -0.4 is 5.32 Å². The Morgan fingerprint density at radius 1 is 0.489 bits per heavy atom. The summed E-state index contributed by atoms with van der Waals surface area (Å²) in [5.41, 5.74) is 0. The monoisotopic (exact) mass is 638 g/mol. The van der Waals surface area contributed by atoms with E-state index in [1.165, 1.54) is 148 Å². The van der Waals surface area contributed by atoms with Gasteiger partial charge in [0.15, 0.2) is 0 Å². The topological polar surface area (TPSA) is 92.7 Å². The lowest BCUT2D eigenvalue weighted by Gasteiger charge is -2.17. The normalized spacial score (nSPS) is 11.9. The quantitative estimate of drug-likeness (QED) is 0.0526. The summed E-state index contributed by atoms with van der Waals surface area (Å²) in [4.78, 5) is 36.2. The number of nitrogens with one attached hydrogen (secondary N) is 1. The van der Waals surface area contributed by atoms with Gasteiger partial charge in [-0.2, -0.15) is 0 Å². The Morgan fingerprint density at radius 2 is 0.822 bits per heavy atom. The zero-order valence-electron chi connectivity index (χ0n) is 30.0. The van der Waals surface area contributed by atoms with Crippen molar-refractivity contribution in [2.24, 2.45) is 0 Å². The first-order valence-corrected chi connectivity index (χ1v) is 19.7. The predicted molar refractivity (Wildman–Crippen MR) is 190 cm³/mol. The molecule has 6 nitrogen and oxygen atoms in total. The Balaban J connectivity index is 3.81. The molecule has 0 spiro atoms. The van der Waals surface area contributed by atoms with Crippen LogP contribution in [0.1, 0.15) is 219 Å². The van der Waals surface area contributed by atoms with E-state index >= 15 is 0 Å². The summed E-state index contributed by atoms with van der Waals surface area (Å²) in [6.07, 6.45) is 37.1. The van der Waals surface area contributed by atoms with Gasteiger partial charge in [0.25, 0.3) is 0 Å². The van der Waals surface area contributed by atoms with E-state index in [1.807, 2.05) is 0 Å². The van der Waals surface area contributed by atoms with Crippen molar-refractivity contribution in [3.63, 3.8) is 0 Å². The number of carbonyl (C=O) groups is 3. The number of amides is 1. The summed E-state index contributed by atoms with van der Waals surface area (Å²) < 4.78 is 5.43. The summed E-state index contributed by atoms with van der Waals surface area (Å²) in [7, 11) is 0. The molecule has 0 aromatic carbocycles. The third-order valence-electron chi connectivity index (χ3n) is 9.02. The van der Waals surface area contributed by atoms with Crippen LogP contribution in [0, 0.1) is 0 Å². The Morgan fingerprint density at radius 3 is 1.18 bits per heavy atom. The summed E-state index contributed by atoms with van der Waals surface area (Å²) in [5.74, 6) is -1.67. The number of ether oxygens (including phenoxy) is 1. The third-order valence-corrected chi connectivity index (χ3v) is 9.02. The molecule has 0 aliphatic carbocycles. The fraction of sp³-hybridized carbons (Fsp3) is 0.923. The van der Waals surface area contributed by atoms with E-state index in [4.69, 9.17) is 9.84 Å². The number of hydrogen-bond acceptors (Lipinski definition) is 4. The van der Waals surface area contributed by atoms with Gasteiger partial charge in [0.1, 0.15) is 6.04 Å². The number of carboxylic acid groups (broad SMARTS) is 1. The minimum Gasteiger partial charge on any atom is -0.481 e. The molecule has 0 aromatic rings. The van der Waals surface area contributed by atoms with Gasteiger partial charge >= 0.3 is 11.9 Å². The van der Waals surface area contributed by atoms with Crippen molar-refractivity contribution in [3.05, 3.63) is 0 Å². The second-order valence-corrected chi connectivity index (χ2v) is 13.5. The smallest absolute Gasteiger partial charge is 0.328 e. The molecule has 0 unspecified atom stereocenters. The molecule has 0 aliphatic rings. The molecule has 1 amide bonds. The van der Waals surface area contributed by atoms with Crippen molar-refractivity contribution in [2.75, 3.05) is 6.61 Å². The highest BCUT2D eigenvalue weighted by Crippen LogP contribution is 2.15. The number of rotatable bonds is 36. The lowest BCUT2D eigenvalue weighted by molar-refractivity contribution is -0.148. The minimum absolute atomic E-state index is 0.0669. The first-order chi connectivity index (χ1) is 22.0. The lowest BCUT2D eigenvalue weighted by Crippen LogP contribution is -2.42. The molecule has 2 N–H and O–H groups in total. The molecule has 0 saturated heterocycles. The molecule has 0 fully saturated rings. The predicted octanol–water partition coefficient (Wildman–Crippen LogP) is 11.6. The average Bonchev–Trinajstić information content (AvgIpc) is 3.02. The van der Waals surface area contributed by atoms with Gasteiger partial charge in [-0.15, -0.1) is 0 Å². The summed E-state index contributed by atoms with van der Waals surface area (Å²) in [6, 6.07) is -0.878. The number of unbranched alkanes of at least 4 members (excludes halogenated alkanes) is 27. The van der Waals surface area contributed by atoms with Crippen molar-refractivity contribution >= 4 is 17.8 Å². The van der Waals surface area contributed by atoms with Gasteiger partial charge < -0.3 is 15.2 Å². The fourth-order valence-corrected chi connectivity index (χ4v) is 6.01. The Labute approximate surface area is 279 Å². The standard InChI is InChI=1S/C39H75NO5/c1-3-5-7-9-11-13-15-17-18-19-21-23-25-27-29-31-35-45-39(44)36(33-34-38(42)43)40-37(41)32-30-28-26-24-22-20-16-14-12-10-8-6-4-2/h36H,3-35H2,1-2H3,(H,40,41)(H,42,43)/t36-/m0/s1. The molecule has 6 heteroatoms. The van der Waals surface area contributed by atoms with E-state index in [9.17, 15) is 14.4 Å². The van der Waals surface area contributed by atoms with Crippen LogP contribution >= 0.6 is 0 Å². The molecule has 0 aliphatic heterocycles. The Bertz CT molecular complexity index is 668. The molecule has 0 heterocycles. The Kier molecular flexibility index (Phi) is 34.0. The van der Waals surface area contributed by atoms with Gasteiger partial charge in [-0.1, -0.05) is 187 Å². The van der Waals surface area contributed by atoms with Gasteiger partial charge in [0.05, 0.1) is 6.61 Å². The average molecular weight is 638 g/mol. The first kappa shape index (κ1) is 43.4. The third kappa shape index (κ3) is 33.6. The van der Waals surface area contributed by atoms with E-state index in [0.717, 1.165) is 38.5 Å². The van der Waals surface area contributed by atoms with Crippen molar-refractivity contribution in [3.8, 4) is 0 Å². The minimum atomic E-state index is -0.976. The molecule has 0 saturated carbocycles. The van der Waals surface area contributed by atoms with Crippen LogP contribution in [-0.4, -0.2) is 35.6 Å². The molecular formula is C39H75NO5. The van der Waals surface area contributed by atoms with Crippen LogP contribution in [0.5, 0.6) is 0 Å². The number of esters is 1. The highest BCUT2D eigenvalue weighted by molar-refractivity contribution is 5.84. The van der Waals surface area contributed by atoms with E-state index < -0.39 is 18.0 Å². The second kappa shape index (κ2) is 35.3.